The van der Waals surface area contributed by atoms with Crippen LogP contribution in [0.15, 0.2) is 6.20 Å². The van der Waals surface area contributed by atoms with Gasteiger partial charge in [0.05, 0.1) is 18.3 Å². The van der Waals surface area contributed by atoms with Gasteiger partial charge in [-0.25, -0.2) is 0 Å². The molecule has 6 nitrogen and oxygen atoms in total. The lowest BCUT2D eigenvalue weighted by molar-refractivity contribution is -0.124. The smallest absolute Gasteiger partial charge is 0.220 e. The van der Waals surface area contributed by atoms with Gasteiger partial charge in [0.15, 0.2) is 0 Å². The predicted molar refractivity (Wildman–Crippen MR) is 78.9 cm³/mol. The molecule has 0 radical (unpaired) electrons. The maximum atomic E-state index is 12.1. The molecule has 118 valence electrons. The van der Waals surface area contributed by atoms with Crippen molar-refractivity contribution in [3.05, 3.63) is 17.5 Å². The van der Waals surface area contributed by atoms with Crippen LogP contribution in [0.2, 0.25) is 0 Å². The number of aryl methyl sites for hydroxylation is 2. The third-order valence-electron chi connectivity index (χ3n) is 4.40. The van der Waals surface area contributed by atoms with Gasteiger partial charge in [-0.05, 0) is 38.2 Å². The van der Waals surface area contributed by atoms with Gasteiger partial charge < -0.3 is 15.2 Å². The van der Waals surface area contributed by atoms with Crippen LogP contribution in [0.4, 0.5) is 0 Å². The molecule has 1 aliphatic carbocycles. The summed E-state index contributed by atoms with van der Waals surface area (Å²) in [7, 11) is 3.49. The van der Waals surface area contributed by atoms with Gasteiger partial charge in [-0.1, -0.05) is 0 Å². The summed E-state index contributed by atoms with van der Waals surface area (Å²) in [6.45, 7) is 1.99. The number of ether oxygens (including phenoxy) is 1. The quantitative estimate of drug-likeness (QED) is 0.838. The number of nitrogens with one attached hydrogen (secondary N) is 1. The van der Waals surface area contributed by atoms with Crippen molar-refractivity contribution in [2.45, 2.75) is 57.3 Å². The van der Waals surface area contributed by atoms with E-state index in [2.05, 4.69) is 10.4 Å². The van der Waals surface area contributed by atoms with E-state index in [1.807, 2.05) is 14.0 Å². The Bertz CT molecular complexity index is 487. The van der Waals surface area contributed by atoms with Gasteiger partial charge in [-0.2, -0.15) is 5.10 Å². The van der Waals surface area contributed by atoms with E-state index in [1.165, 1.54) is 0 Å². The standard InChI is InChI=1S/C15H25N3O3/c1-10-11(9-16-18(10)2)7-8-14(19)17-12-5-4-6-13(21-3)15(12)20/h9,12-13,15,20H,4-8H2,1-3H3,(H,17,19)/t12-,13-,15-/m1/s1. The molecule has 1 heterocycles. The molecule has 1 aromatic rings. The first-order valence-electron chi connectivity index (χ1n) is 7.50. The fourth-order valence-electron chi connectivity index (χ4n) is 2.87. The molecule has 3 atom stereocenters. The molecule has 6 heteroatoms. The second-order valence-corrected chi connectivity index (χ2v) is 5.75. The number of carbonyl (C=O) groups is 1. The maximum Gasteiger partial charge on any atom is 0.220 e. The Balaban J connectivity index is 1.83. The Morgan fingerprint density at radius 3 is 2.95 bits per heavy atom. The number of aliphatic hydroxyl groups is 1. The summed E-state index contributed by atoms with van der Waals surface area (Å²) < 4.78 is 7.06. The molecule has 0 saturated heterocycles. The molecular formula is C15H25N3O3. The molecule has 1 aromatic heterocycles. The van der Waals surface area contributed by atoms with Gasteiger partial charge >= 0.3 is 0 Å². The topological polar surface area (TPSA) is 76.4 Å². The molecule has 0 aromatic carbocycles. The van der Waals surface area contributed by atoms with E-state index in [0.717, 1.165) is 30.5 Å². The third-order valence-corrected chi connectivity index (χ3v) is 4.40. The first-order chi connectivity index (χ1) is 10.0. The second-order valence-electron chi connectivity index (χ2n) is 5.75. The number of aliphatic hydroxyl groups excluding tert-OH is 1. The zero-order valence-electron chi connectivity index (χ0n) is 13.0. The van der Waals surface area contributed by atoms with Crippen molar-refractivity contribution in [2.24, 2.45) is 7.05 Å². The zero-order valence-corrected chi connectivity index (χ0v) is 13.0. The first-order valence-corrected chi connectivity index (χ1v) is 7.50. The van der Waals surface area contributed by atoms with E-state index in [9.17, 15) is 9.90 Å². The summed E-state index contributed by atoms with van der Waals surface area (Å²) in [5.41, 5.74) is 2.17. The van der Waals surface area contributed by atoms with Crippen LogP contribution in [0.1, 0.15) is 36.9 Å². The van der Waals surface area contributed by atoms with Crippen molar-refractivity contribution in [2.75, 3.05) is 7.11 Å². The van der Waals surface area contributed by atoms with Crippen LogP contribution in [0, 0.1) is 6.92 Å². The largest absolute Gasteiger partial charge is 0.388 e. The van der Waals surface area contributed by atoms with Crippen LogP contribution in [0.5, 0.6) is 0 Å². The van der Waals surface area contributed by atoms with Gasteiger partial charge in [0, 0.05) is 26.3 Å². The van der Waals surface area contributed by atoms with E-state index in [0.29, 0.717) is 12.8 Å². The number of hydrogen-bond donors (Lipinski definition) is 2. The highest BCUT2D eigenvalue weighted by Crippen LogP contribution is 2.21. The normalized spacial score (nSPS) is 25.8. The average molecular weight is 295 g/mol. The summed E-state index contributed by atoms with van der Waals surface area (Å²) in [6, 6.07) is -0.203. The minimum atomic E-state index is -0.618. The molecular weight excluding hydrogens is 270 g/mol. The molecule has 0 aliphatic heterocycles. The Hall–Kier alpha value is -1.40. The number of nitrogens with zero attached hydrogens (tertiary/aromatic N) is 2. The van der Waals surface area contributed by atoms with E-state index >= 15 is 0 Å². The van der Waals surface area contributed by atoms with Gasteiger partial charge in [0.25, 0.3) is 0 Å². The maximum absolute atomic E-state index is 12.1. The summed E-state index contributed by atoms with van der Waals surface area (Å²) in [4.78, 5) is 12.1. The van der Waals surface area contributed by atoms with E-state index < -0.39 is 6.10 Å². The average Bonchev–Trinajstić information content (AvgIpc) is 2.79. The molecule has 0 spiro atoms. The minimum absolute atomic E-state index is 0.0287. The Labute approximate surface area is 125 Å². The van der Waals surface area contributed by atoms with Crippen molar-refractivity contribution in [1.29, 1.82) is 0 Å². The lowest BCUT2D eigenvalue weighted by Gasteiger charge is -2.34. The highest BCUT2D eigenvalue weighted by Gasteiger charge is 2.32. The molecule has 2 rings (SSSR count). The number of hydrogen-bond acceptors (Lipinski definition) is 4. The van der Waals surface area contributed by atoms with Gasteiger partial charge in [-0.15, -0.1) is 0 Å². The highest BCUT2D eigenvalue weighted by atomic mass is 16.5. The Kier molecular flexibility index (Phi) is 5.36. The second kappa shape index (κ2) is 7.04. The number of methoxy groups -OCH3 is 1. The molecule has 0 unspecified atom stereocenters. The number of aromatic nitrogens is 2. The SMILES string of the molecule is CO[C@@H]1CCC[C@@H](NC(=O)CCc2cnn(C)c2C)[C@H]1O. The Morgan fingerprint density at radius 2 is 2.33 bits per heavy atom. The summed E-state index contributed by atoms with van der Waals surface area (Å²) >= 11 is 0. The lowest BCUT2D eigenvalue weighted by atomic mass is 9.89. The van der Waals surface area contributed by atoms with Crippen LogP contribution >= 0.6 is 0 Å². The molecule has 21 heavy (non-hydrogen) atoms. The van der Waals surface area contributed by atoms with E-state index in [4.69, 9.17) is 4.74 Å². The number of rotatable bonds is 5. The fraction of sp³-hybridized carbons (Fsp3) is 0.733. The summed E-state index contributed by atoms with van der Waals surface area (Å²) in [6.07, 6.45) is 4.70. The van der Waals surface area contributed by atoms with Crippen molar-refractivity contribution in [3.63, 3.8) is 0 Å². The van der Waals surface area contributed by atoms with Crippen molar-refractivity contribution in [3.8, 4) is 0 Å². The van der Waals surface area contributed by atoms with Crippen LogP contribution in [-0.2, 0) is 23.0 Å². The predicted octanol–water partition coefficient (Wildman–Crippen LogP) is 0.706. The van der Waals surface area contributed by atoms with E-state index in [-0.39, 0.29) is 18.1 Å². The molecule has 2 N–H and O–H groups in total. The van der Waals surface area contributed by atoms with Gasteiger partial charge in [-0.3, -0.25) is 9.48 Å². The molecule has 1 amide bonds. The lowest BCUT2D eigenvalue weighted by Crippen LogP contribution is -2.51. The Morgan fingerprint density at radius 1 is 1.57 bits per heavy atom. The van der Waals surface area contributed by atoms with Crippen molar-refractivity contribution in [1.82, 2.24) is 15.1 Å². The highest BCUT2D eigenvalue weighted by molar-refractivity contribution is 5.76. The summed E-state index contributed by atoms with van der Waals surface area (Å²) in [5, 5.41) is 17.3. The molecule has 1 aliphatic rings. The number of carbonyl (C=O) groups excluding carboxylic acids is 1. The van der Waals surface area contributed by atoms with Crippen LogP contribution in [0.25, 0.3) is 0 Å². The van der Waals surface area contributed by atoms with Crippen LogP contribution in [0.3, 0.4) is 0 Å². The van der Waals surface area contributed by atoms with Crippen molar-refractivity contribution < 1.29 is 14.6 Å². The summed E-state index contributed by atoms with van der Waals surface area (Å²) in [5.74, 6) is -0.0287. The molecule has 0 bridgehead atoms. The van der Waals surface area contributed by atoms with Crippen molar-refractivity contribution >= 4 is 5.91 Å². The van der Waals surface area contributed by atoms with Crippen LogP contribution in [-0.4, -0.2) is 46.2 Å². The monoisotopic (exact) mass is 295 g/mol. The van der Waals surface area contributed by atoms with Crippen LogP contribution < -0.4 is 5.32 Å². The minimum Gasteiger partial charge on any atom is -0.388 e. The third kappa shape index (κ3) is 3.83. The van der Waals surface area contributed by atoms with E-state index in [1.54, 1.807) is 18.0 Å². The molecule has 1 saturated carbocycles. The fourth-order valence-corrected chi connectivity index (χ4v) is 2.87. The molecule has 1 fully saturated rings. The van der Waals surface area contributed by atoms with Gasteiger partial charge in [0.1, 0.15) is 6.10 Å². The zero-order chi connectivity index (χ0) is 15.4. The van der Waals surface area contributed by atoms with Gasteiger partial charge in [0.2, 0.25) is 5.91 Å². The first kappa shape index (κ1) is 16.0. The number of amides is 1.